The van der Waals surface area contributed by atoms with Crippen molar-refractivity contribution in [3.63, 3.8) is 0 Å². The van der Waals surface area contributed by atoms with E-state index in [-0.39, 0.29) is 28.2 Å². The summed E-state index contributed by atoms with van der Waals surface area (Å²) >= 11 is 3.97. The highest BCUT2D eigenvalue weighted by Crippen LogP contribution is 2.68. The molecule has 0 aromatic rings. The first-order valence-electron chi connectivity index (χ1n) is 13.8. The number of hydrogen-bond acceptors (Lipinski definition) is 3. The second-order valence-corrected chi connectivity index (χ2v) is 14.2. The number of rotatable bonds is 6. The average Bonchev–Trinajstić information content (AvgIpc) is 3.09. The van der Waals surface area contributed by atoms with Gasteiger partial charge >= 0.3 is 5.97 Å². The van der Waals surface area contributed by atoms with Crippen LogP contribution >= 0.6 is 15.9 Å². The summed E-state index contributed by atoms with van der Waals surface area (Å²) in [5.74, 6) is 4.32. The van der Waals surface area contributed by atoms with Crippen molar-refractivity contribution in [2.24, 2.45) is 52.3 Å². The van der Waals surface area contributed by atoms with Crippen molar-refractivity contribution in [1.82, 2.24) is 0 Å². The van der Waals surface area contributed by atoms with Gasteiger partial charge in [0.05, 0.1) is 4.83 Å². The summed E-state index contributed by atoms with van der Waals surface area (Å²) in [7, 11) is 0. The van der Waals surface area contributed by atoms with Gasteiger partial charge in [0, 0.05) is 12.8 Å². The quantitative estimate of drug-likeness (QED) is 0.266. The van der Waals surface area contributed by atoms with Gasteiger partial charge in [-0.2, -0.15) is 0 Å². The minimum Gasteiger partial charge on any atom is -0.463 e. The molecule has 0 amide bonds. The number of alkyl halides is 1. The molecule has 0 heterocycles. The molecule has 0 spiro atoms. The zero-order valence-corrected chi connectivity index (χ0v) is 23.5. The maximum Gasteiger partial charge on any atom is 0.302 e. The van der Waals surface area contributed by atoms with Crippen LogP contribution in [0.5, 0.6) is 0 Å². The third kappa shape index (κ3) is 4.49. The van der Waals surface area contributed by atoms with Crippen LogP contribution in [0.15, 0.2) is 0 Å². The van der Waals surface area contributed by atoms with E-state index in [1.54, 1.807) is 0 Å². The van der Waals surface area contributed by atoms with Gasteiger partial charge in [-0.3, -0.25) is 9.59 Å². The summed E-state index contributed by atoms with van der Waals surface area (Å²) in [5.41, 5.74) is 0.438. The lowest BCUT2D eigenvalue weighted by molar-refractivity contribution is -0.168. The molecule has 3 nitrogen and oxygen atoms in total. The summed E-state index contributed by atoms with van der Waals surface area (Å²) in [6, 6.07) is 0. The molecule has 188 valence electrons. The molecule has 4 aliphatic rings. The molecule has 4 saturated carbocycles. The number of hydrogen-bond donors (Lipinski definition) is 0. The molecular weight excluding hydrogens is 476 g/mol. The van der Waals surface area contributed by atoms with Crippen molar-refractivity contribution < 1.29 is 14.3 Å². The molecular formula is C29H47BrO3. The Labute approximate surface area is 210 Å². The van der Waals surface area contributed by atoms with Crippen molar-refractivity contribution >= 4 is 27.7 Å². The summed E-state index contributed by atoms with van der Waals surface area (Å²) in [6.45, 7) is 13.7. The fourth-order valence-corrected chi connectivity index (χ4v) is 10.4. The van der Waals surface area contributed by atoms with Crippen LogP contribution in [0.25, 0.3) is 0 Å². The number of Topliss-reactive ketones (excluding diaryl/α,β-unsaturated/α-hetero) is 1. The van der Waals surface area contributed by atoms with Gasteiger partial charge < -0.3 is 4.74 Å². The Bertz CT molecular complexity index is 749. The van der Waals surface area contributed by atoms with Crippen LogP contribution in [-0.4, -0.2) is 22.7 Å². The third-order valence-electron chi connectivity index (χ3n) is 11.0. The molecule has 0 aliphatic heterocycles. The molecule has 1 unspecified atom stereocenters. The van der Waals surface area contributed by atoms with E-state index in [0.29, 0.717) is 29.0 Å². The van der Waals surface area contributed by atoms with Crippen LogP contribution in [0.4, 0.5) is 0 Å². The fraction of sp³-hybridized carbons (Fsp3) is 0.931. The Morgan fingerprint density at radius 2 is 1.70 bits per heavy atom. The molecule has 4 fully saturated rings. The van der Waals surface area contributed by atoms with Crippen molar-refractivity contribution in [1.29, 1.82) is 0 Å². The van der Waals surface area contributed by atoms with Gasteiger partial charge in [-0.1, -0.05) is 69.8 Å². The van der Waals surface area contributed by atoms with Crippen LogP contribution in [0.1, 0.15) is 106 Å². The van der Waals surface area contributed by atoms with Crippen molar-refractivity contribution in [3.05, 3.63) is 0 Å². The third-order valence-corrected chi connectivity index (χ3v) is 12.0. The first-order valence-corrected chi connectivity index (χ1v) is 14.8. The highest BCUT2D eigenvalue weighted by atomic mass is 79.9. The maximum absolute atomic E-state index is 13.8. The normalized spacial score (nSPS) is 45.8. The average molecular weight is 524 g/mol. The van der Waals surface area contributed by atoms with Crippen molar-refractivity contribution in [3.8, 4) is 0 Å². The number of ketones is 1. The number of fused-ring (bicyclic) bond motifs is 5. The van der Waals surface area contributed by atoms with Crippen molar-refractivity contribution in [2.75, 3.05) is 0 Å². The van der Waals surface area contributed by atoms with Gasteiger partial charge in [-0.15, -0.1) is 0 Å². The number of halogens is 1. The SMILES string of the molecule is CC(=O)OC1CC[C@@]2(C)[C@H](C1)C(=O)[C@@H](Br)[C@@H]1[C@@H]2CC[C@]2(C)[C@@H]([C@H](C)CCCC(C)C)CC[C@@H]12. The minimum atomic E-state index is -0.215. The second kappa shape index (κ2) is 9.58. The Morgan fingerprint density at radius 3 is 2.36 bits per heavy atom. The van der Waals surface area contributed by atoms with Crippen LogP contribution in [-0.2, 0) is 14.3 Å². The standard InChI is InChI=1S/C29H47BrO3/c1-17(2)8-7-9-18(3)21-10-11-22-25-23(13-15-28(21,22)5)29(6)14-12-20(33-19(4)31)16-24(29)27(32)26(25)30/h17-18,20-26H,7-16H2,1-6H3/t18-,20?,21-,22+,23+,24-,25+,26+,28-,29-/m1/s1. The monoisotopic (exact) mass is 522 g/mol. The van der Waals surface area contributed by atoms with Gasteiger partial charge in [0.25, 0.3) is 0 Å². The lowest BCUT2D eigenvalue weighted by Crippen LogP contribution is -2.61. The van der Waals surface area contributed by atoms with Gasteiger partial charge in [0.15, 0.2) is 5.78 Å². The first-order chi connectivity index (χ1) is 15.5. The lowest BCUT2D eigenvalue weighted by Gasteiger charge is -2.61. The van der Waals surface area contributed by atoms with Crippen LogP contribution in [0.2, 0.25) is 0 Å². The predicted octanol–water partition coefficient (Wildman–Crippen LogP) is 7.59. The van der Waals surface area contributed by atoms with Gasteiger partial charge in [0.2, 0.25) is 0 Å². The van der Waals surface area contributed by atoms with E-state index in [1.807, 2.05) is 0 Å². The predicted molar refractivity (Wildman–Crippen MR) is 137 cm³/mol. The Kier molecular flexibility index (Phi) is 7.46. The molecule has 4 aliphatic carbocycles. The van der Waals surface area contributed by atoms with E-state index >= 15 is 0 Å². The Morgan fingerprint density at radius 1 is 1.03 bits per heavy atom. The lowest BCUT2D eigenvalue weighted by atomic mass is 9.44. The van der Waals surface area contributed by atoms with E-state index in [4.69, 9.17) is 4.74 Å². The Balaban J connectivity index is 1.53. The molecule has 0 bridgehead atoms. The number of esters is 1. The van der Waals surface area contributed by atoms with Crippen LogP contribution in [0, 0.1) is 52.3 Å². The van der Waals surface area contributed by atoms with E-state index in [0.717, 1.165) is 37.0 Å². The largest absolute Gasteiger partial charge is 0.463 e. The maximum atomic E-state index is 13.8. The summed E-state index contributed by atoms with van der Waals surface area (Å²) in [5, 5.41) is 0. The first kappa shape index (κ1) is 25.7. The zero-order chi connectivity index (χ0) is 24.1. The van der Waals surface area contributed by atoms with E-state index < -0.39 is 0 Å². The van der Waals surface area contributed by atoms with Crippen molar-refractivity contribution in [2.45, 2.75) is 117 Å². The second-order valence-electron chi connectivity index (χ2n) is 13.2. The molecule has 4 rings (SSSR count). The Hall–Kier alpha value is -0.380. The minimum absolute atomic E-state index is 0.0257. The summed E-state index contributed by atoms with van der Waals surface area (Å²) in [4.78, 5) is 25.3. The molecule has 10 atom stereocenters. The highest BCUT2D eigenvalue weighted by molar-refractivity contribution is 9.10. The zero-order valence-electron chi connectivity index (χ0n) is 21.9. The van der Waals surface area contributed by atoms with E-state index in [9.17, 15) is 9.59 Å². The number of ether oxygens (including phenoxy) is 1. The molecule has 0 aromatic heterocycles. The van der Waals surface area contributed by atoms with Crippen LogP contribution < -0.4 is 0 Å². The van der Waals surface area contributed by atoms with Gasteiger partial charge in [-0.25, -0.2) is 0 Å². The summed E-state index contributed by atoms with van der Waals surface area (Å²) < 4.78 is 5.57. The molecule has 33 heavy (non-hydrogen) atoms. The van der Waals surface area contributed by atoms with E-state index in [1.165, 1.54) is 51.9 Å². The number of carbonyl (C=O) groups is 2. The summed E-state index contributed by atoms with van der Waals surface area (Å²) in [6.07, 6.45) is 11.8. The molecule has 0 radical (unpaired) electrons. The molecule has 0 saturated heterocycles. The fourth-order valence-electron chi connectivity index (χ4n) is 9.30. The number of carbonyl (C=O) groups excluding carboxylic acids is 2. The van der Waals surface area contributed by atoms with Gasteiger partial charge in [0.1, 0.15) is 6.10 Å². The highest BCUT2D eigenvalue weighted by Gasteiger charge is 2.65. The van der Waals surface area contributed by atoms with Crippen LogP contribution in [0.3, 0.4) is 0 Å². The topological polar surface area (TPSA) is 43.4 Å². The van der Waals surface area contributed by atoms with E-state index in [2.05, 4.69) is 50.5 Å². The molecule has 0 aromatic carbocycles. The van der Waals surface area contributed by atoms with Gasteiger partial charge in [-0.05, 0) is 91.3 Å². The molecule has 4 heteroatoms. The molecule has 0 N–H and O–H groups in total. The smallest absolute Gasteiger partial charge is 0.302 e.